The second kappa shape index (κ2) is 7.91. The largest absolute Gasteiger partial charge is 0.497 e. The van der Waals surface area contributed by atoms with Gasteiger partial charge < -0.3 is 9.84 Å². The minimum absolute atomic E-state index is 0.381. The van der Waals surface area contributed by atoms with Gasteiger partial charge in [0.05, 0.1) is 13.2 Å². The summed E-state index contributed by atoms with van der Waals surface area (Å²) < 4.78 is 5.14. The van der Waals surface area contributed by atoms with Crippen LogP contribution >= 0.6 is 0 Å². The molecule has 0 aliphatic heterocycles. The Bertz CT molecular complexity index is 333. The van der Waals surface area contributed by atoms with Gasteiger partial charge in [-0.3, -0.25) is 0 Å². The van der Waals surface area contributed by atoms with Crippen molar-refractivity contribution in [2.24, 2.45) is 0 Å². The number of allylic oxidation sites excluding steroid dienone is 1. The summed E-state index contributed by atoms with van der Waals surface area (Å²) in [5, 5.41) is 10.0. The first-order chi connectivity index (χ1) is 8.27. The summed E-state index contributed by atoms with van der Waals surface area (Å²) >= 11 is 0. The molecular weight excluding hydrogens is 212 g/mol. The zero-order valence-corrected chi connectivity index (χ0v) is 10.6. The van der Waals surface area contributed by atoms with Gasteiger partial charge in [0.25, 0.3) is 0 Å². The summed E-state index contributed by atoms with van der Waals surface area (Å²) in [5.74, 6) is 0.799. The molecule has 1 aromatic rings. The first-order valence-electron chi connectivity index (χ1n) is 6.21. The molecule has 17 heavy (non-hydrogen) atoms. The number of benzene rings is 1. The third-order valence-electron chi connectivity index (χ3n) is 2.86. The first-order valence-corrected chi connectivity index (χ1v) is 6.21. The Hall–Kier alpha value is -1.28. The van der Waals surface area contributed by atoms with E-state index in [-0.39, 0.29) is 6.10 Å². The molecule has 0 bridgehead atoms. The molecule has 0 radical (unpaired) electrons. The molecule has 1 N–H and O–H groups in total. The monoisotopic (exact) mass is 234 g/mol. The SMILES string of the molecule is C=CCCCCCC(O)c1cccc(OC)c1. The number of aliphatic hydroxyl groups is 1. The molecule has 0 aromatic heterocycles. The third-order valence-corrected chi connectivity index (χ3v) is 2.86. The van der Waals surface area contributed by atoms with Crippen LogP contribution in [0.4, 0.5) is 0 Å². The first kappa shape index (κ1) is 13.8. The lowest BCUT2D eigenvalue weighted by Crippen LogP contribution is -1.98. The Morgan fingerprint density at radius 2 is 2.18 bits per heavy atom. The summed E-state index contributed by atoms with van der Waals surface area (Å²) in [6, 6.07) is 7.64. The third kappa shape index (κ3) is 5.05. The van der Waals surface area contributed by atoms with Crippen LogP contribution in [0.2, 0.25) is 0 Å². The van der Waals surface area contributed by atoms with Gasteiger partial charge in [0.1, 0.15) is 5.75 Å². The lowest BCUT2D eigenvalue weighted by Gasteiger charge is -2.11. The van der Waals surface area contributed by atoms with Crippen molar-refractivity contribution in [2.75, 3.05) is 7.11 Å². The molecule has 2 nitrogen and oxygen atoms in total. The van der Waals surface area contributed by atoms with E-state index in [2.05, 4.69) is 6.58 Å². The highest BCUT2D eigenvalue weighted by Crippen LogP contribution is 2.23. The van der Waals surface area contributed by atoms with Gasteiger partial charge in [-0.1, -0.05) is 31.1 Å². The van der Waals surface area contributed by atoms with Gasteiger partial charge in [-0.25, -0.2) is 0 Å². The average molecular weight is 234 g/mol. The highest BCUT2D eigenvalue weighted by molar-refractivity contribution is 5.29. The highest BCUT2D eigenvalue weighted by Gasteiger charge is 2.07. The smallest absolute Gasteiger partial charge is 0.119 e. The van der Waals surface area contributed by atoms with Crippen molar-refractivity contribution in [1.29, 1.82) is 0 Å². The predicted molar refractivity (Wildman–Crippen MR) is 71.2 cm³/mol. The van der Waals surface area contributed by atoms with Crippen LogP contribution < -0.4 is 4.74 Å². The van der Waals surface area contributed by atoms with Crippen LogP contribution in [0.5, 0.6) is 5.75 Å². The van der Waals surface area contributed by atoms with Crippen LogP contribution in [0.3, 0.4) is 0 Å². The molecular formula is C15H22O2. The van der Waals surface area contributed by atoms with E-state index >= 15 is 0 Å². The number of hydrogen-bond acceptors (Lipinski definition) is 2. The maximum Gasteiger partial charge on any atom is 0.119 e. The lowest BCUT2D eigenvalue weighted by molar-refractivity contribution is 0.163. The van der Waals surface area contributed by atoms with Gasteiger partial charge in [0, 0.05) is 0 Å². The van der Waals surface area contributed by atoms with Gasteiger partial charge >= 0.3 is 0 Å². The fraction of sp³-hybridized carbons (Fsp3) is 0.467. The van der Waals surface area contributed by atoms with Gasteiger partial charge in [-0.05, 0) is 37.0 Å². The lowest BCUT2D eigenvalue weighted by atomic mass is 10.0. The Labute approximate surface area is 104 Å². The number of aliphatic hydroxyl groups excluding tert-OH is 1. The van der Waals surface area contributed by atoms with Crippen LogP contribution in [-0.2, 0) is 0 Å². The molecule has 0 spiro atoms. The van der Waals surface area contributed by atoms with Crippen LogP contribution in [0.15, 0.2) is 36.9 Å². The molecule has 1 rings (SSSR count). The zero-order chi connectivity index (χ0) is 12.5. The van der Waals surface area contributed by atoms with Crippen molar-refractivity contribution in [1.82, 2.24) is 0 Å². The van der Waals surface area contributed by atoms with Crippen LogP contribution in [0, 0.1) is 0 Å². The number of rotatable bonds is 8. The van der Waals surface area contributed by atoms with Crippen LogP contribution in [0.1, 0.15) is 43.8 Å². The minimum Gasteiger partial charge on any atom is -0.497 e. The van der Waals surface area contributed by atoms with Gasteiger partial charge in [-0.2, -0.15) is 0 Å². The Balaban J connectivity index is 2.35. The van der Waals surface area contributed by atoms with E-state index in [1.807, 2.05) is 30.3 Å². The topological polar surface area (TPSA) is 29.5 Å². The van der Waals surface area contributed by atoms with Crippen molar-refractivity contribution in [3.8, 4) is 5.75 Å². The van der Waals surface area contributed by atoms with Crippen molar-refractivity contribution in [3.63, 3.8) is 0 Å². The normalized spacial score (nSPS) is 12.1. The van der Waals surface area contributed by atoms with Crippen LogP contribution in [0.25, 0.3) is 0 Å². The highest BCUT2D eigenvalue weighted by atomic mass is 16.5. The average Bonchev–Trinajstić information content (AvgIpc) is 2.38. The summed E-state index contributed by atoms with van der Waals surface area (Å²) in [5.41, 5.74) is 0.938. The quantitative estimate of drug-likeness (QED) is 0.546. The molecule has 1 atom stereocenters. The van der Waals surface area contributed by atoms with Crippen LogP contribution in [-0.4, -0.2) is 12.2 Å². The maximum absolute atomic E-state index is 10.0. The molecule has 0 aliphatic carbocycles. The number of hydrogen-bond donors (Lipinski definition) is 1. The molecule has 0 amide bonds. The molecule has 0 heterocycles. The number of ether oxygens (including phenoxy) is 1. The Kier molecular flexibility index (Phi) is 6.41. The molecule has 1 unspecified atom stereocenters. The molecule has 2 heteroatoms. The van der Waals surface area contributed by atoms with Crippen molar-refractivity contribution < 1.29 is 9.84 Å². The summed E-state index contributed by atoms with van der Waals surface area (Å²) in [6.07, 6.45) is 6.79. The predicted octanol–water partition coefficient (Wildman–Crippen LogP) is 3.87. The van der Waals surface area contributed by atoms with E-state index in [1.165, 1.54) is 0 Å². The van der Waals surface area contributed by atoms with E-state index in [0.717, 1.165) is 43.4 Å². The number of unbranched alkanes of at least 4 members (excludes halogenated alkanes) is 3. The van der Waals surface area contributed by atoms with E-state index in [4.69, 9.17) is 4.74 Å². The standard InChI is InChI=1S/C15H22O2/c1-3-4-5-6-7-11-15(16)13-9-8-10-14(12-13)17-2/h3,8-10,12,15-16H,1,4-7,11H2,2H3. The molecule has 0 saturated heterocycles. The summed E-state index contributed by atoms with van der Waals surface area (Å²) in [7, 11) is 1.64. The Morgan fingerprint density at radius 1 is 1.35 bits per heavy atom. The minimum atomic E-state index is -0.381. The van der Waals surface area contributed by atoms with E-state index in [1.54, 1.807) is 7.11 Å². The molecule has 0 fully saturated rings. The van der Waals surface area contributed by atoms with E-state index in [9.17, 15) is 5.11 Å². The second-order valence-electron chi connectivity index (χ2n) is 4.22. The zero-order valence-electron chi connectivity index (χ0n) is 10.6. The Morgan fingerprint density at radius 3 is 2.88 bits per heavy atom. The number of methoxy groups -OCH3 is 1. The maximum atomic E-state index is 10.0. The fourth-order valence-electron chi connectivity index (χ4n) is 1.82. The van der Waals surface area contributed by atoms with Gasteiger partial charge in [-0.15, -0.1) is 6.58 Å². The molecule has 94 valence electrons. The van der Waals surface area contributed by atoms with Gasteiger partial charge in [0.2, 0.25) is 0 Å². The van der Waals surface area contributed by atoms with Gasteiger partial charge in [0.15, 0.2) is 0 Å². The van der Waals surface area contributed by atoms with Crippen molar-refractivity contribution >= 4 is 0 Å². The van der Waals surface area contributed by atoms with Crippen molar-refractivity contribution in [3.05, 3.63) is 42.5 Å². The second-order valence-corrected chi connectivity index (χ2v) is 4.22. The molecule has 0 aliphatic rings. The van der Waals surface area contributed by atoms with E-state index < -0.39 is 0 Å². The summed E-state index contributed by atoms with van der Waals surface area (Å²) in [4.78, 5) is 0. The fourth-order valence-corrected chi connectivity index (χ4v) is 1.82. The molecule has 0 saturated carbocycles. The molecule has 1 aromatic carbocycles. The van der Waals surface area contributed by atoms with Crippen molar-refractivity contribution in [2.45, 2.75) is 38.2 Å². The van der Waals surface area contributed by atoms with E-state index in [0.29, 0.717) is 0 Å². The summed E-state index contributed by atoms with van der Waals surface area (Å²) in [6.45, 7) is 3.70.